The van der Waals surface area contributed by atoms with Crippen molar-refractivity contribution >= 4 is 18.6 Å². The zero-order chi connectivity index (χ0) is 20.0. The molecule has 1 saturated heterocycles. The molecule has 1 fully saturated rings. The molecule has 5 heteroatoms. The standard InChI is InChI=1S/C22H30BNO3/c1-20(2,3)19(25)24-14-13-17(15-16-11-9-8-10-12-16)18(24)23-26-21(4,5)22(6,7)27-23/h8-14H,15H2,1-7H3. The lowest BCUT2D eigenvalue weighted by Gasteiger charge is -2.32. The molecule has 2 aromatic rings. The molecule has 3 rings (SSSR count). The van der Waals surface area contributed by atoms with Gasteiger partial charge in [-0.05, 0) is 51.3 Å². The quantitative estimate of drug-likeness (QED) is 0.768. The Morgan fingerprint density at radius 2 is 1.56 bits per heavy atom. The van der Waals surface area contributed by atoms with Crippen LogP contribution in [-0.2, 0) is 15.7 Å². The summed E-state index contributed by atoms with van der Waals surface area (Å²) in [6.07, 6.45) is 2.58. The van der Waals surface area contributed by atoms with E-state index in [-0.39, 0.29) is 5.91 Å². The Hall–Kier alpha value is -1.85. The van der Waals surface area contributed by atoms with Crippen LogP contribution in [0.25, 0.3) is 0 Å². The SMILES string of the molecule is CC(C)(C)C(=O)n1ccc(Cc2ccccc2)c1B1OC(C)(C)C(C)(C)O1. The van der Waals surface area contributed by atoms with E-state index in [4.69, 9.17) is 9.31 Å². The van der Waals surface area contributed by atoms with Crippen LogP contribution in [-0.4, -0.2) is 28.8 Å². The highest BCUT2D eigenvalue weighted by Crippen LogP contribution is 2.37. The van der Waals surface area contributed by atoms with E-state index in [1.807, 2.05) is 78.9 Å². The van der Waals surface area contributed by atoms with E-state index in [1.54, 1.807) is 4.57 Å². The van der Waals surface area contributed by atoms with Crippen LogP contribution in [0.2, 0.25) is 0 Å². The van der Waals surface area contributed by atoms with Gasteiger partial charge in [0.15, 0.2) is 0 Å². The third-order valence-electron chi connectivity index (χ3n) is 5.59. The molecule has 0 N–H and O–H groups in total. The first kappa shape index (κ1) is 19.9. The molecule has 0 radical (unpaired) electrons. The molecule has 0 atom stereocenters. The Kier molecular flexibility index (Phi) is 4.90. The Balaban J connectivity index is 2.06. The van der Waals surface area contributed by atoms with Gasteiger partial charge in [0.05, 0.1) is 16.8 Å². The molecule has 0 unspecified atom stereocenters. The fourth-order valence-corrected chi connectivity index (χ4v) is 3.21. The van der Waals surface area contributed by atoms with Gasteiger partial charge in [0, 0.05) is 11.6 Å². The lowest BCUT2D eigenvalue weighted by Crippen LogP contribution is -2.45. The van der Waals surface area contributed by atoms with E-state index in [0.717, 1.165) is 17.6 Å². The smallest absolute Gasteiger partial charge is 0.398 e. The number of rotatable bonds is 3. The molecule has 0 bridgehead atoms. The highest BCUT2D eigenvalue weighted by molar-refractivity contribution is 6.62. The molecule has 1 aromatic carbocycles. The molecule has 2 heterocycles. The van der Waals surface area contributed by atoms with Gasteiger partial charge in [0.1, 0.15) is 0 Å². The predicted molar refractivity (Wildman–Crippen MR) is 109 cm³/mol. The molecular weight excluding hydrogens is 337 g/mol. The van der Waals surface area contributed by atoms with Crippen molar-refractivity contribution in [2.24, 2.45) is 5.41 Å². The van der Waals surface area contributed by atoms with Crippen LogP contribution in [0, 0.1) is 5.41 Å². The topological polar surface area (TPSA) is 40.5 Å². The normalized spacial score (nSPS) is 18.7. The fourth-order valence-electron chi connectivity index (χ4n) is 3.21. The Morgan fingerprint density at radius 1 is 1.00 bits per heavy atom. The second-order valence-electron chi connectivity index (χ2n) is 9.40. The van der Waals surface area contributed by atoms with E-state index < -0.39 is 23.7 Å². The number of carbonyl (C=O) groups is 1. The molecule has 0 spiro atoms. The lowest BCUT2D eigenvalue weighted by molar-refractivity contribution is 0.00578. The predicted octanol–water partition coefficient (Wildman–Crippen LogP) is 4.06. The van der Waals surface area contributed by atoms with Crippen molar-refractivity contribution in [2.75, 3.05) is 0 Å². The molecule has 0 amide bonds. The largest absolute Gasteiger partial charge is 0.513 e. The van der Waals surface area contributed by atoms with Gasteiger partial charge in [0.25, 0.3) is 0 Å². The summed E-state index contributed by atoms with van der Waals surface area (Å²) in [7, 11) is -0.574. The highest BCUT2D eigenvalue weighted by Gasteiger charge is 2.53. The van der Waals surface area contributed by atoms with Crippen LogP contribution < -0.4 is 5.59 Å². The highest BCUT2D eigenvalue weighted by atomic mass is 16.7. The van der Waals surface area contributed by atoms with E-state index in [9.17, 15) is 4.79 Å². The van der Waals surface area contributed by atoms with E-state index in [0.29, 0.717) is 0 Å². The third-order valence-corrected chi connectivity index (χ3v) is 5.59. The Bertz CT molecular complexity index is 815. The molecular formula is C22H30BNO3. The molecule has 1 aliphatic rings. The van der Waals surface area contributed by atoms with Crippen molar-refractivity contribution in [1.82, 2.24) is 4.57 Å². The summed E-state index contributed by atoms with van der Waals surface area (Å²) in [5.41, 5.74) is 1.64. The second-order valence-corrected chi connectivity index (χ2v) is 9.40. The molecule has 27 heavy (non-hydrogen) atoms. The molecule has 0 aliphatic carbocycles. The first-order chi connectivity index (χ1) is 12.4. The zero-order valence-corrected chi connectivity index (χ0v) is 17.5. The van der Waals surface area contributed by atoms with Gasteiger partial charge in [-0.2, -0.15) is 0 Å². The summed E-state index contributed by atoms with van der Waals surface area (Å²) < 4.78 is 14.3. The van der Waals surface area contributed by atoms with Crippen molar-refractivity contribution in [1.29, 1.82) is 0 Å². The molecule has 0 saturated carbocycles. The number of hydrogen-bond acceptors (Lipinski definition) is 3. The maximum Gasteiger partial charge on any atom is 0.513 e. The maximum absolute atomic E-state index is 13.1. The van der Waals surface area contributed by atoms with Crippen LogP contribution in [0.5, 0.6) is 0 Å². The average molecular weight is 367 g/mol. The van der Waals surface area contributed by atoms with Crippen LogP contribution in [0.4, 0.5) is 0 Å². The van der Waals surface area contributed by atoms with Crippen LogP contribution in [0.3, 0.4) is 0 Å². The molecule has 1 aromatic heterocycles. The van der Waals surface area contributed by atoms with Crippen LogP contribution >= 0.6 is 0 Å². The maximum atomic E-state index is 13.1. The first-order valence-corrected chi connectivity index (χ1v) is 9.57. The first-order valence-electron chi connectivity index (χ1n) is 9.57. The van der Waals surface area contributed by atoms with E-state index in [2.05, 4.69) is 12.1 Å². The van der Waals surface area contributed by atoms with Gasteiger partial charge in [0.2, 0.25) is 5.91 Å². The average Bonchev–Trinajstić information content (AvgIpc) is 3.04. The number of carbonyl (C=O) groups excluding carboxylic acids is 1. The third kappa shape index (κ3) is 3.76. The Morgan fingerprint density at radius 3 is 2.07 bits per heavy atom. The minimum absolute atomic E-state index is 0.0338. The van der Waals surface area contributed by atoms with Gasteiger partial charge in [-0.3, -0.25) is 9.36 Å². The lowest BCUT2D eigenvalue weighted by atomic mass is 9.79. The fraction of sp³-hybridized carbons (Fsp3) is 0.500. The van der Waals surface area contributed by atoms with Gasteiger partial charge < -0.3 is 9.31 Å². The number of hydrogen-bond donors (Lipinski definition) is 0. The van der Waals surface area contributed by atoms with Gasteiger partial charge in [-0.15, -0.1) is 0 Å². The van der Waals surface area contributed by atoms with E-state index >= 15 is 0 Å². The van der Waals surface area contributed by atoms with Crippen molar-refractivity contribution < 1.29 is 14.1 Å². The zero-order valence-electron chi connectivity index (χ0n) is 17.5. The van der Waals surface area contributed by atoms with Crippen molar-refractivity contribution in [3.05, 3.63) is 53.7 Å². The van der Waals surface area contributed by atoms with Crippen molar-refractivity contribution in [3.8, 4) is 0 Å². The van der Waals surface area contributed by atoms with Gasteiger partial charge in [-0.25, -0.2) is 0 Å². The van der Waals surface area contributed by atoms with Gasteiger partial charge >= 0.3 is 7.12 Å². The van der Waals surface area contributed by atoms with Crippen LogP contribution in [0.15, 0.2) is 42.6 Å². The minimum Gasteiger partial charge on any atom is -0.398 e. The Labute approximate surface area is 163 Å². The van der Waals surface area contributed by atoms with Crippen molar-refractivity contribution in [3.63, 3.8) is 0 Å². The van der Waals surface area contributed by atoms with Gasteiger partial charge in [-0.1, -0.05) is 51.1 Å². The summed E-state index contributed by atoms with van der Waals surface area (Å²) in [6.45, 7) is 13.9. The van der Waals surface area contributed by atoms with Crippen LogP contribution in [0.1, 0.15) is 64.4 Å². The summed E-state index contributed by atoms with van der Waals surface area (Å²) in [6, 6.07) is 12.3. The number of benzene rings is 1. The molecule has 1 aliphatic heterocycles. The summed E-state index contributed by atoms with van der Waals surface area (Å²) in [5, 5.41) is 0. The van der Waals surface area contributed by atoms with Crippen molar-refractivity contribution in [2.45, 2.75) is 66.1 Å². The molecule has 4 nitrogen and oxygen atoms in total. The minimum atomic E-state index is -0.574. The number of aromatic nitrogens is 1. The molecule has 144 valence electrons. The monoisotopic (exact) mass is 367 g/mol. The summed E-state index contributed by atoms with van der Waals surface area (Å²) in [4.78, 5) is 13.1. The summed E-state index contributed by atoms with van der Waals surface area (Å²) in [5.74, 6) is 0.0338. The second kappa shape index (κ2) is 6.64. The summed E-state index contributed by atoms with van der Waals surface area (Å²) >= 11 is 0. The van der Waals surface area contributed by atoms with E-state index in [1.165, 1.54) is 5.56 Å². The number of nitrogens with zero attached hydrogens (tertiary/aromatic N) is 1.